The summed E-state index contributed by atoms with van der Waals surface area (Å²) in [5.74, 6) is -0.205. The summed E-state index contributed by atoms with van der Waals surface area (Å²) in [5, 5.41) is 6.57. The normalized spacial score (nSPS) is 15.9. The van der Waals surface area contributed by atoms with Gasteiger partial charge >= 0.3 is 6.18 Å². The van der Waals surface area contributed by atoms with Crippen molar-refractivity contribution < 1.29 is 22.8 Å². The lowest BCUT2D eigenvalue weighted by Gasteiger charge is -2.24. The summed E-state index contributed by atoms with van der Waals surface area (Å²) in [6.45, 7) is 0.406. The van der Waals surface area contributed by atoms with E-state index >= 15 is 0 Å². The highest BCUT2D eigenvalue weighted by molar-refractivity contribution is 7.12. The first-order valence-corrected chi connectivity index (χ1v) is 11.0. The smallest absolute Gasteiger partial charge is 0.390 e. The minimum atomic E-state index is -4.40. The molecule has 2 heterocycles. The molecule has 0 spiro atoms. The fraction of sp³-hybridized carbons (Fsp3) is 0.217. The van der Waals surface area contributed by atoms with Crippen molar-refractivity contribution in [3.8, 4) is 0 Å². The Morgan fingerprint density at radius 3 is 2.47 bits per heavy atom. The zero-order chi connectivity index (χ0) is 22.7. The number of carbonyl (C=O) groups is 1. The van der Waals surface area contributed by atoms with Crippen molar-refractivity contribution in [2.75, 3.05) is 6.54 Å². The Hall–Kier alpha value is -2.84. The zero-order valence-electron chi connectivity index (χ0n) is 16.7. The standard InChI is InChI=1S/C23H18ClF3N2O2S/c24-18-9-5-16(6-10-18)20-12-19(31-28-20)14-29(22(30)21-2-1-11-32-21)13-15-3-7-17(8-4-15)23(25,26)27/h1-11,19H,12-14H2. The van der Waals surface area contributed by atoms with Crippen LogP contribution in [0.15, 0.2) is 71.2 Å². The quantitative estimate of drug-likeness (QED) is 0.420. The number of amides is 1. The number of oxime groups is 1. The molecule has 1 atom stereocenters. The Balaban J connectivity index is 1.48. The third kappa shape index (κ3) is 5.31. The van der Waals surface area contributed by atoms with Gasteiger partial charge in [0.25, 0.3) is 5.91 Å². The van der Waals surface area contributed by atoms with Crippen molar-refractivity contribution in [1.29, 1.82) is 0 Å². The van der Waals surface area contributed by atoms with Gasteiger partial charge in [0.05, 0.1) is 22.7 Å². The highest BCUT2D eigenvalue weighted by Gasteiger charge is 2.31. The topological polar surface area (TPSA) is 41.9 Å². The molecular weight excluding hydrogens is 461 g/mol. The van der Waals surface area contributed by atoms with Crippen LogP contribution >= 0.6 is 22.9 Å². The van der Waals surface area contributed by atoms with Crippen LogP contribution in [-0.4, -0.2) is 29.2 Å². The first kappa shape index (κ1) is 22.4. The van der Waals surface area contributed by atoms with Gasteiger partial charge in [-0.05, 0) is 46.8 Å². The van der Waals surface area contributed by atoms with Crippen LogP contribution in [0.25, 0.3) is 0 Å². The van der Waals surface area contributed by atoms with E-state index < -0.39 is 11.7 Å². The number of alkyl halides is 3. The second-order valence-electron chi connectivity index (χ2n) is 7.33. The average Bonchev–Trinajstić information content (AvgIpc) is 3.46. The summed E-state index contributed by atoms with van der Waals surface area (Å²) < 4.78 is 38.6. The van der Waals surface area contributed by atoms with E-state index in [-0.39, 0.29) is 25.1 Å². The summed E-state index contributed by atoms with van der Waals surface area (Å²) >= 11 is 7.25. The fourth-order valence-corrected chi connectivity index (χ4v) is 4.20. The highest BCUT2D eigenvalue weighted by Crippen LogP contribution is 2.29. The summed E-state index contributed by atoms with van der Waals surface area (Å²) in [7, 11) is 0. The second kappa shape index (κ2) is 9.34. The zero-order valence-corrected chi connectivity index (χ0v) is 18.3. The van der Waals surface area contributed by atoms with Gasteiger partial charge in [-0.15, -0.1) is 11.3 Å². The minimum absolute atomic E-state index is 0.158. The lowest BCUT2D eigenvalue weighted by atomic mass is 10.0. The Morgan fingerprint density at radius 1 is 1.12 bits per heavy atom. The van der Waals surface area contributed by atoms with Crippen LogP contribution in [0.1, 0.15) is 32.8 Å². The van der Waals surface area contributed by atoms with Crippen molar-refractivity contribution in [3.63, 3.8) is 0 Å². The first-order chi connectivity index (χ1) is 15.3. The number of rotatable bonds is 6. The van der Waals surface area contributed by atoms with Gasteiger partial charge in [0.15, 0.2) is 6.10 Å². The maximum absolute atomic E-state index is 13.1. The predicted molar refractivity (Wildman–Crippen MR) is 118 cm³/mol. The van der Waals surface area contributed by atoms with Gasteiger partial charge < -0.3 is 9.74 Å². The van der Waals surface area contributed by atoms with Crippen LogP contribution in [0.2, 0.25) is 5.02 Å². The van der Waals surface area contributed by atoms with Gasteiger partial charge in [0, 0.05) is 18.0 Å². The maximum Gasteiger partial charge on any atom is 0.416 e. The fourth-order valence-electron chi connectivity index (χ4n) is 3.38. The van der Waals surface area contributed by atoms with E-state index in [2.05, 4.69) is 5.16 Å². The molecule has 2 aromatic carbocycles. The lowest BCUT2D eigenvalue weighted by molar-refractivity contribution is -0.137. The maximum atomic E-state index is 13.1. The number of thiophene rings is 1. The van der Waals surface area contributed by atoms with E-state index in [1.54, 1.807) is 34.5 Å². The molecule has 0 aliphatic carbocycles. The molecule has 1 aliphatic rings. The Kier molecular flexibility index (Phi) is 6.53. The molecule has 0 saturated carbocycles. The summed E-state index contributed by atoms with van der Waals surface area (Å²) in [5.41, 5.74) is 1.51. The third-order valence-corrected chi connectivity index (χ3v) is 6.12. The Labute approximate surface area is 191 Å². The molecule has 1 aromatic heterocycles. The summed E-state index contributed by atoms with van der Waals surface area (Å²) in [6.07, 6.45) is -4.26. The molecule has 1 unspecified atom stereocenters. The first-order valence-electron chi connectivity index (χ1n) is 9.77. The molecule has 4 nitrogen and oxygen atoms in total. The van der Waals surface area contributed by atoms with Gasteiger partial charge in [0.2, 0.25) is 0 Å². The monoisotopic (exact) mass is 478 g/mol. The minimum Gasteiger partial charge on any atom is -0.390 e. The molecule has 0 radical (unpaired) electrons. The van der Waals surface area contributed by atoms with Gasteiger partial charge in [-0.2, -0.15) is 13.2 Å². The van der Waals surface area contributed by atoms with E-state index in [1.807, 2.05) is 12.1 Å². The molecule has 4 rings (SSSR count). The molecule has 32 heavy (non-hydrogen) atoms. The SMILES string of the molecule is O=C(c1cccs1)N(Cc1ccc(C(F)(F)F)cc1)CC1CC(c2ccc(Cl)cc2)=NO1. The van der Waals surface area contributed by atoms with E-state index in [0.717, 1.165) is 23.4 Å². The van der Waals surface area contributed by atoms with Crippen LogP contribution in [0, 0.1) is 0 Å². The number of halogens is 4. The van der Waals surface area contributed by atoms with Crippen molar-refractivity contribution in [3.05, 3.63) is 92.6 Å². The largest absolute Gasteiger partial charge is 0.416 e. The number of hydrogen-bond acceptors (Lipinski definition) is 4. The molecular formula is C23H18ClF3N2O2S. The molecule has 0 saturated heterocycles. The van der Waals surface area contributed by atoms with Crippen LogP contribution in [0.4, 0.5) is 13.2 Å². The number of nitrogens with zero attached hydrogens (tertiary/aromatic N) is 2. The molecule has 9 heteroatoms. The second-order valence-corrected chi connectivity index (χ2v) is 8.72. The molecule has 0 bridgehead atoms. The van der Waals surface area contributed by atoms with Crippen molar-refractivity contribution in [2.24, 2.45) is 5.16 Å². The van der Waals surface area contributed by atoms with E-state index in [9.17, 15) is 18.0 Å². The lowest BCUT2D eigenvalue weighted by Crippen LogP contribution is -2.37. The Bertz CT molecular complexity index is 1100. The van der Waals surface area contributed by atoms with Crippen LogP contribution in [-0.2, 0) is 17.6 Å². The number of carbonyl (C=O) groups excluding carboxylic acids is 1. The van der Waals surface area contributed by atoms with E-state index in [1.165, 1.54) is 23.5 Å². The molecule has 0 fully saturated rings. The molecule has 1 aliphatic heterocycles. The molecule has 0 N–H and O–H groups in total. The van der Waals surface area contributed by atoms with Gasteiger partial charge in [0.1, 0.15) is 0 Å². The summed E-state index contributed by atoms with van der Waals surface area (Å²) in [4.78, 5) is 20.8. The van der Waals surface area contributed by atoms with Crippen molar-refractivity contribution in [2.45, 2.75) is 25.2 Å². The molecule has 166 valence electrons. The predicted octanol–water partition coefficient (Wildman–Crippen LogP) is 6.26. The van der Waals surface area contributed by atoms with E-state index in [0.29, 0.717) is 21.9 Å². The highest BCUT2D eigenvalue weighted by atomic mass is 35.5. The molecule has 3 aromatic rings. The van der Waals surface area contributed by atoms with E-state index in [4.69, 9.17) is 16.4 Å². The van der Waals surface area contributed by atoms with Crippen molar-refractivity contribution in [1.82, 2.24) is 4.90 Å². The van der Waals surface area contributed by atoms with Crippen molar-refractivity contribution >= 4 is 34.6 Å². The van der Waals surface area contributed by atoms with Gasteiger partial charge in [-0.3, -0.25) is 4.79 Å². The average molecular weight is 479 g/mol. The number of hydrogen-bond donors (Lipinski definition) is 0. The van der Waals surface area contributed by atoms with Crippen LogP contribution < -0.4 is 0 Å². The van der Waals surface area contributed by atoms with Gasteiger partial charge in [-0.25, -0.2) is 0 Å². The third-order valence-electron chi connectivity index (χ3n) is 5.01. The Morgan fingerprint density at radius 2 is 1.84 bits per heavy atom. The van der Waals surface area contributed by atoms with Gasteiger partial charge in [-0.1, -0.05) is 47.1 Å². The molecule has 1 amide bonds. The number of benzene rings is 2. The van der Waals surface area contributed by atoms with Crippen LogP contribution in [0.5, 0.6) is 0 Å². The summed E-state index contributed by atoms with van der Waals surface area (Å²) in [6, 6.07) is 15.6. The van der Waals surface area contributed by atoms with Crippen LogP contribution in [0.3, 0.4) is 0 Å².